The lowest BCUT2D eigenvalue weighted by Crippen LogP contribution is -2.30. The van der Waals surface area contributed by atoms with Crippen LogP contribution in [0.4, 0.5) is 0 Å². The average Bonchev–Trinajstić information content (AvgIpc) is 3.28. The van der Waals surface area contributed by atoms with Gasteiger partial charge >= 0.3 is 17.9 Å². The molecule has 368 valence electrons. The molecule has 0 aliphatic rings. The lowest BCUT2D eigenvalue weighted by molar-refractivity contribution is -0.167. The molecule has 0 N–H and O–H groups in total. The van der Waals surface area contributed by atoms with Crippen molar-refractivity contribution in [2.45, 2.75) is 297 Å². The highest BCUT2D eigenvalue weighted by molar-refractivity contribution is 5.71. The van der Waals surface area contributed by atoms with Crippen molar-refractivity contribution in [1.29, 1.82) is 0 Å². The van der Waals surface area contributed by atoms with Crippen molar-refractivity contribution in [3.8, 4) is 0 Å². The van der Waals surface area contributed by atoms with Crippen LogP contribution < -0.4 is 0 Å². The van der Waals surface area contributed by atoms with Gasteiger partial charge in [0.1, 0.15) is 13.2 Å². The third-order valence-corrected chi connectivity index (χ3v) is 12.1. The van der Waals surface area contributed by atoms with Crippen molar-refractivity contribution in [3.05, 3.63) is 36.5 Å². The van der Waals surface area contributed by atoms with E-state index in [1.807, 2.05) is 0 Å². The van der Waals surface area contributed by atoms with Crippen molar-refractivity contribution in [2.24, 2.45) is 0 Å². The normalized spacial score (nSPS) is 12.2. The van der Waals surface area contributed by atoms with E-state index in [1.165, 1.54) is 180 Å². The van der Waals surface area contributed by atoms with Gasteiger partial charge in [0.05, 0.1) is 0 Å². The van der Waals surface area contributed by atoms with Crippen LogP contribution in [0, 0.1) is 0 Å². The molecule has 6 heteroatoms. The molecule has 0 fully saturated rings. The maximum absolute atomic E-state index is 12.8. The summed E-state index contributed by atoms with van der Waals surface area (Å²) in [5.41, 5.74) is 0. The summed E-state index contributed by atoms with van der Waals surface area (Å²) in [7, 11) is 0. The zero-order valence-electron chi connectivity index (χ0n) is 42.1. The summed E-state index contributed by atoms with van der Waals surface area (Å²) in [5.74, 6) is -0.887. The number of carbonyl (C=O) groups is 3. The van der Waals surface area contributed by atoms with Gasteiger partial charge in [-0.05, 0) is 96.3 Å². The van der Waals surface area contributed by atoms with Crippen LogP contribution in [0.25, 0.3) is 0 Å². The van der Waals surface area contributed by atoms with Crippen LogP contribution in [-0.4, -0.2) is 37.2 Å². The molecule has 0 bridgehead atoms. The molecule has 0 amide bonds. The van der Waals surface area contributed by atoms with E-state index in [4.69, 9.17) is 14.2 Å². The van der Waals surface area contributed by atoms with Crippen molar-refractivity contribution in [1.82, 2.24) is 0 Å². The van der Waals surface area contributed by atoms with E-state index in [-0.39, 0.29) is 31.1 Å². The van der Waals surface area contributed by atoms with Crippen LogP contribution >= 0.6 is 0 Å². The first-order chi connectivity index (χ1) is 31.0. The molecule has 0 unspecified atom stereocenters. The molecule has 0 aromatic rings. The Labute approximate surface area is 391 Å². The minimum absolute atomic E-state index is 0.0790. The second-order valence-corrected chi connectivity index (χ2v) is 18.5. The number of esters is 3. The molecular formula is C57H104O6. The molecule has 0 spiro atoms. The molecule has 0 atom stereocenters. The lowest BCUT2D eigenvalue weighted by atomic mass is 10.1. The van der Waals surface area contributed by atoms with Gasteiger partial charge in [0.2, 0.25) is 0 Å². The second kappa shape index (κ2) is 52.3. The molecule has 0 aliphatic heterocycles. The van der Waals surface area contributed by atoms with Gasteiger partial charge in [-0.1, -0.05) is 211 Å². The molecule has 0 saturated carbocycles. The topological polar surface area (TPSA) is 78.9 Å². The highest BCUT2D eigenvalue weighted by Crippen LogP contribution is 2.15. The van der Waals surface area contributed by atoms with Gasteiger partial charge in [-0.2, -0.15) is 0 Å². The summed E-state index contributed by atoms with van der Waals surface area (Å²) < 4.78 is 16.8. The number of ether oxygens (including phenoxy) is 3. The van der Waals surface area contributed by atoms with E-state index < -0.39 is 6.10 Å². The lowest BCUT2D eigenvalue weighted by Gasteiger charge is -2.18. The minimum atomic E-state index is -0.779. The minimum Gasteiger partial charge on any atom is -0.462 e. The monoisotopic (exact) mass is 885 g/mol. The maximum atomic E-state index is 12.8. The fourth-order valence-corrected chi connectivity index (χ4v) is 7.90. The molecule has 0 saturated heterocycles. The molecular weight excluding hydrogens is 781 g/mol. The van der Waals surface area contributed by atoms with E-state index in [2.05, 4.69) is 57.2 Å². The Bertz CT molecular complexity index is 1010. The van der Waals surface area contributed by atoms with Gasteiger partial charge in [-0.3, -0.25) is 14.4 Å². The molecule has 0 aromatic carbocycles. The fraction of sp³-hybridized carbons (Fsp3) is 0.842. The van der Waals surface area contributed by atoms with Crippen LogP contribution in [-0.2, 0) is 28.6 Å². The van der Waals surface area contributed by atoms with Gasteiger partial charge < -0.3 is 14.2 Å². The van der Waals surface area contributed by atoms with Gasteiger partial charge in [0.15, 0.2) is 6.10 Å². The van der Waals surface area contributed by atoms with Crippen LogP contribution in [0.5, 0.6) is 0 Å². The van der Waals surface area contributed by atoms with Crippen LogP contribution in [0.2, 0.25) is 0 Å². The first-order valence-corrected chi connectivity index (χ1v) is 27.5. The van der Waals surface area contributed by atoms with Gasteiger partial charge in [0, 0.05) is 19.3 Å². The number of unbranched alkanes of at least 4 members (excludes halogenated alkanes) is 33. The van der Waals surface area contributed by atoms with Crippen molar-refractivity contribution in [3.63, 3.8) is 0 Å². The average molecular weight is 885 g/mol. The second-order valence-electron chi connectivity index (χ2n) is 18.5. The summed E-state index contributed by atoms with van der Waals surface area (Å²) in [4.78, 5) is 38.0. The quantitative estimate of drug-likeness (QED) is 0.0262. The van der Waals surface area contributed by atoms with Crippen molar-refractivity contribution >= 4 is 17.9 Å². The van der Waals surface area contributed by atoms with E-state index in [1.54, 1.807) is 0 Å². The van der Waals surface area contributed by atoms with Crippen LogP contribution in [0.15, 0.2) is 36.5 Å². The van der Waals surface area contributed by atoms with E-state index in [0.717, 1.165) is 70.6 Å². The van der Waals surface area contributed by atoms with Gasteiger partial charge in [-0.15, -0.1) is 0 Å². The fourth-order valence-electron chi connectivity index (χ4n) is 7.90. The first kappa shape index (κ1) is 60.6. The third kappa shape index (κ3) is 50.5. The van der Waals surface area contributed by atoms with Crippen LogP contribution in [0.1, 0.15) is 290 Å². The van der Waals surface area contributed by atoms with E-state index >= 15 is 0 Å². The summed E-state index contributed by atoms with van der Waals surface area (Å²) in [6.45, 7) is 6.62. The Morgan fingerprint density at radius 2 is 0.524 bits per heavy atom. The molecule has 0 heterocycles. The van der Waals surface area contributed by atoms with Crippen molar-refractivity contribution in [2.75, 3.05) is 13.2 Å². The highest BCUT2D eigenvalue weighted by Gasteiger charge is 2.19. The molecule has 6 nitrogen and oxygen atoms in total. The third-order valence-electron chi connectivity index (χ3n) is 12.1. The van der Waals surface area contributed by atoms with E-state index in [0.29, 0.717) is 19.3 Å². The predicted octanol–water partition coefficient (Wildman–Crippen LogP) is 18.1. The first-order valence-electron chi connectivity index (χ1n) is 27.5. The van der Waals surface area contributed by atoms with Crippen LogP contribution in [0.3, 0.4) is 0 Å². The molecule has 0 aliphatic carbocycles. The standard InChI is InChI=1S/C57H104O6/c1-4-7-10-13-16-19-22-25-28-31-34-37-40-43-46-49-55(58)61-52-54(63-57(60)51-48-45-42-39-36-33-30-27-24-21-18-15-12-9-6-3)53-62-56(59)50-47-44-41-38-35-32-29-26-23-20-17-14-11-8-5-2/h21,24-26,28-29,54H,4-20,22-23,27,30-53H2,1-3H3. The zero-order chi connectivity index (χ0) is 45.8. The number of rotatable bonds is 50. The number of hydrogen-bond acceptors (Lipinski definition) is 6. The Morgan fingerprint density at radius 3 is 0.810 bits per heavy atom. The van der Waals surface area contributed by atoms with Gasteiger partial charge in [0.25, 0.3) is 0 Å². The van der Waals surface area contributed by atoms with E-state index in [9.17, 15) is 14.4 Å². The summed E-state index contributed by atoms with van der Waals surface area (Å²) >= 11 is 0. The highest BCUT2D eigenvalue weighted by atomic mass is 16.6. The Morgan fingerprint density at radius 1 is 0.302 bits per heavy atom. The SMILES string of the molecule is CCCCCCC=CCCCCCCCCCC(=O)OC(COC(=O)CCCCCCCC=CCCCCCCCC)COC(=O)CCCCCCCC=CCCCCCCCC. The number of hydrogen-bond donors (Lipinski definition) is 0. The Balaban J connectivity index is 4.38. The molecule has 0 radical (unpaired) electrons. The summed E-state index contributed by atoms with van der Waals surface area (Å²) in [6, 6.07) is 0. The van der Waals surface area contributed by atoms with Gasteiger partial charge in [-0.25, -0.2) is 0 Å². The number of allylic oxidation sites excluding steroid dienone is 6. The maximum Gasteiger partial charge on any atom is 0.306 e. The van der Waals surface area contributed by atoms with Crippen molar-refractivity contribution < 1.29 is 28.6 Å². The zero-order valence-corrected chi connectivity index (χ0v) is 42.1. The number of carbonyl (C=O) groups excluding carboxylic acids is 3. The summed E-state index contributed by atoms with van der Waals surface area (Å²) in [6.07, 6.45) is 61.2. The molecule has 63 heavy (non-hydrogen) atoms. The predicted molar refractivity (Wildman–Crippen MR) is 270 cm³/mol. The summed E-state index contributed by atoms with van der Waals surface area (Å²) in [5, 5.41) is 0. The smallest absolute Gasteiger partial charge is 0.306 e. The Kier molecular flexibility index (Phi) is 50.3. The molecule has 0 rings (SSSR count). The largest absolute Gasteiger partial charge is 0.462 e. The molecule has 0 aromatic heterocycles. The Hall–Kier alpha value is -2.37.